The van der Waals surface area contributed by atoms with Crippen LogP contribution in [0.1, 0.15) is 67.2 Å². The summed E-state index contributed by atoms with van der Waals surface area (Å²) in [5.74, 6) is 0.510. The molecule has 0 radical (unpaired) electrons. The van der Waals surface area contributed by atoms with Gasteiger partial charge in [0, 0.05) is 25.2 Å². The second-order valence-corrected chi connectivity index (χ2v) is 9.19. The van der Waals surface area contributed by atoms with E-state index in [4.69, 9.17) is 4.74 Å². The van der Waals surface area contributed by atoms with Crippen molar-refractivity contribution in [2.45, 2.75) is 91.0 Å². The van der Waals surface area contributed by atoms with E-state index in [1.165, 1.54) is 0 Å². The molecule has 2 fully saturated rings. The summed E-state index contributed by atoms with van der Waals surface area (Å²) in [7, 11) is 0. The van der Waals surface area contributed by atoms with E-state index in [2.05, 4.69) is 10.2 Å². The van der Waals surface area contributed by atoms with E-state index in [1.807, 2.05) is 46.4 Å². The summed E-state index contributed by atoms with van der Waals surface area (Å²) in [6.45, 7) is 14.2. The number of hydrogen-bond donors (Lipinski definition) is 1. The maximum absolute atomic E-state index is 12.6. The lowest BCUT2D eigenvalue weighted by atomic mass is 9.95. The zero-order valence-corrected chi connectivity index (χ0v) is 17.4. The molecule has 0 aromatic carbocycles. The molecule has 1 saturated carbocycles. The van der Waals surface area contributed by atoms with Crippen LogP contribution in [0.2, 0.25) is 0 Å². The Kier molecular flexibility index (Phi) is 6.94. The van der Waals surface area contributed by atoms with Crippen LogP contribution in [0.25, 0.3) is 0 Å². The Balaban J connectivity index is 1.91. The van der Waals surface area contributed by atoms with Crippen LogP contribution in [0.3, 0.4) is 0 Å². The minimum absolute atomic E-state index is 0.0933. The summed E-state index contributed by atoms with van der Waals surface area (Å²) in [6.07, 6.45) is 4.12. The second-order valence-electron chi connectivity index (χ2n) is 9.19. The van der Waals surface area contributed by atoms with Gasteiger partial charge in [-0.2, -0.15) is 0 Å². The maximum atomic E-state index is 12.6. The molecule has 0 aromatic rings. The predicted octanol–water partition coefficient (Wildman–Crippen LogP) is 3.01. The van der Waals surface area contributed by atoms with Gasteiger partial charge in [0.2, 0.25) is 5.91 Å². The van der Waals surface area contributed by atoms with Crippen LogP contribution in [0.4, 0.5) is 4.79 Å². The van der Waals surface area contributed by atoms with E-state index in [-0.39, 0.29) is 24.1 Å². The van der Waals surface area contributed by atoms with Crippen molar-refractivity contribution in [2.75, 3.05) is 19.6 Å². The molecule has 1 aliphatic heterocycles. The third-order valence-electron chi connectivity index (χ3n) is 5.11. The largest absolute Gasteiger partial charge is 0.444 e. The molecule has 0 spiro atoms. The van der Waals surface area contributed by atoms with Crippen molar-refractivity contribution in [1.29, 1.82) is 0 Å². The summed E-state index contributed by atoms with van der Waals surface area (Å²) >= 11 is 0. The molecular formula is C20H37N3O3. The van der Waals surface area contributed by atoms with E-state index in [1.54, 1.807) is 0 Å². The summed E-state index contributed by atoms with van der Waals surface area (Å²) in [4.78, 5) is 29.0. The van der Waals surface area contributed by atoms with Gasteiger partial charge in [-0.1, -0.05) is 0 Å². The van der Waals surface area contributed by atoms with Crippen molar-refractivity contribution in [3.8, 4) is 0 Å². The first-order valence-electron chi connectivity index (χ1n) is 10.1. The van der Waals surface area contributed by atoms with Crippen LogP contribution in [0, 0.1) is 5.92 Å². The zero-order valence-electron chi connectivity index (χ0n) is 17.4. The third-order valence-corrected chi connectivity index (χ3v) is 5.11. The van der Waals surface area contributed by atoms with Gasteiger partial charge in [-0.05, 0) is 79.7 Å². The second kappa shape index (κ2) is 8.59. The SMILES string of the molecule is CC(C(=O)NC1CC1)N1CCCC(CN(C(=O)OC(C)(C)C)C(C)C)C1. The van der Waals surface area contributed by atoms with Crippen molar-refractivity contribution in [2.24, 2.45) is 5.92 Å². The quantitative estimate of drug-likeness (QED) is 0.784. The maximum Gasteiger partial charge on any atom is 0.410 e. The van der Waals surface area contributed by atoms with Gasteiger partial charge in [0.1, 0.15) is 5.60 Å². The molecule has 1 saturated heterocycles. The van der Waals surface area contributed by atoms with Gasteiger partial charge in [0.05, 0.1) is 6.04 Å². The van der Waals surface area contributed by atoms with Gasteiger partial charge < -0.3 is 15.0 Å². The number of likely N-dealkylation sites (tertiary alicyclic amines) is 1. The summed E-state index contributed by atoms with van der Waals surface area (Å²) in [5, 5.41) is 3.10. The van der Waals surface area contributed by atoms with Crippen molar-refractivity contribution in [1.82, 2.24) is 15.1 Å². The van der Waals surface area contributed by atoms with Gasteiger partial charge in [0.25, 0.3) is 0 Å². The molecule has 26 heavy (non-hydrogen) atoms. The van der Waals surface area contributed by atoms with Crippen molar-refractivity contribution >= 4 is 12.0 Å². The molecule has 6 nitrogen and oxygen atoms in total. The molecule has 1 aliphatic carbocycles. The molecular weight excluding hydrogens is 330 g/mol. The number of nitrogens with zero attached hydrogens (tertiary/aromatic N) is 2. The summed E-state index contributed by atoms with van der Waals surface area (Å²) in [5.41, 5.74) is -0.488. The van der Waals surface area contributed by atoms with E-state index in [0.717, 1.165) is 38.8 Å². The molecule has 2 atom stereocenters. The predicted molar refractivity (Wildman–Crippen MR) is 103 cm³/mol. The van der Waals surface area contributed by atoms with Gasteiger partial charge in [-0.25, -0.2) is 4.79 Å². The summed E-state index contributed by atoms with van der Waals surface area (Å²) < 4.78 is 5.58. The number of nitrogens with one attached hydrogen (secondary N) is 1. The van der Waals surface area contributed by atoms with Gasteiger partial charge in [0.15, 0.2) is 0 Å². The molecule has 0 bridgehead atoms. The van der Waals surface area contributed by atoms with Crippen molar-refractivity contribution in [3.63, 3.8) is 0 Å². The average molecular weight is 368 g/mol. The van der Waals surface area contributed by atoms with Gasteiger partial charge in [-0.3, -0.25) is 9.69 Å². The number of ether oxygens (including phenoxy) is 1. The number of hydrogen-bond acceptors (Lipinski definition) is 4. The lowest BCUT2D eigenvalue weighted by Crippen LogP contribution is -2.52. The molecule has 1 N–H and O–H groups in total. The minimum atomic E-state index is -0.488. The van der Waals surface area contributed by atoms with Crippen LogP contribution in [-0.2, 0) is 9.53 Å². The van der Waals surface area contributed by atoms with Crippen LogP contribution in [0.15, 0.2) is 0 Å². The Bertz CT molecular complexity index is 497. The molecule has 150 valence electrons. The lowest BCUT2D eigenvalue weighted by Gasteiger charge is -2.39. The Morgan fingerprint density at radius 2 is 1.85 bits per heavy atom. The standard InChI is InChI=1S/C20H37N3O3/c1-14(2)23(19(25)26-20(4,5)6)13-16-8-7-11-22(12-16)15(3)18(24)21-17-9-10-17/h14-17H,7-13H2,1-6H3,(H,21,24). The van der Waals surface area contributed by atoms with E-state index in [0.29, 0.717) is 18.5 Å². The third kappa shape index (κ3) is 6.45. The number of carbonyl (C=O) groups is 2. The Morgan fingerprint density at radius 3 is 2.38 bits per heavy atom. The highest BCUT2D eigenvalue weighted by Crippen LogP contribution is 2.23. The van der Waals surface area contributed by atoms with Crippen molar-refractivity contribution in [3.05, 3.63) is 0 Å². The Morgan fingerprint density at radius 1 is 1.19 bits per heavy atom. The van der Waals surface area contributed by atoms with Gasteiger partial charge >= 0.3 is 6.09 Å². The highest BCUT2D eigenvalue weighted by atomic mass is 16.6. The van der Waals surface area contributed by atoms with Crippen LogP contribution < -0.4 is 5.32 Å². The van der Waals surface area contributed by atoms with E-state index in [9.17, 15) is 9.59 Å². The zero-order chi connectivity index (χ0) is 19.5. The van der Waals surface area contributed by atoms with Crippen LogP contribution in [-0.4, -0.2) is 65.2 Å². The Hall–Kier alpha value is -1.30. The first-order chi connectivity index (χ1) is 12.1. The molecule has 1 heterocycles. The van der Waals surface area contributed by atoms with Gasteiger partial charge in [-0.15, -0.1) is 0 Å². The number of rotatable bonds is 6. The smallest absolute Gasteiger partial charge is 0.410 e. The Labute approximate surface area is 158 Å². The summed E-state index contributed by atoms with van der Waals surface area (Å²) in [6, 6.07) is 0.386. The molecule has 2 unspecified atom stereocenters. The fraction of sp³-hybridized carbons (Fsp3) is 0.900. The minimum Gasteiger partial charge on any atom is -0.444 e. The fourth-order valence-electron chi connectivity index (χ4n) is 3.41. The van der Waals surface area contributed by atoms with E-state index < -0.39 is 5.60 Å². The highest BCUT2D eigenvalue weighted by molar-refractivity contribution is 5.81. The highest BCUT2D eigenvalue weighted by Gasteiger charge is 2.33. The van der Waals surface area contributed by atoms with Crippen LogP contribution in [0.5, 0.6) is 0 Å². The molecule has 6 heteroatoms. The fourth-order valence-corrected chi connectivity index (χ4v) is 3.41. The first kappa shape index (κ1) is 21.0. The van der Waals surface area contributed by atoms with E-state index >= 15 is 0 Å². The number of amides is 2. The number of carbonyl (C=O) groups excluding carboxylic acids is 2. The molecule has 2 aliphatic rings. The lowest BCUT2D eigenvalue weighted by molar-refractivity contribution is -0.126. The average Bonchev–Trinajstić information content (AvgIpc) is 3.34. The normalized spacial score (nSPS) is 22.8. The monoisotopic (exact) mass is 367 g/mol. The number of piperidine rings is 1. The molecule has 0 aromatic heterocycles. The molecule has 2 rings (SSSR count). The topological polar surface area (TPSA) is 61.9 Å². The van der Waals surface area contributed by atoms with Crippen molar-refractivity contribution < 1.29 is 14.3 Å². The first-order valence-corrected chi connectivity index (χ1v) is 10.1. The van der Waals surface area contributed by atoms with Crippen LogP contribution >= 0.6 is 0 Å². The molecule has 2 amide bonds.